The minimum Gasteiger partial charge on any atom is -0.348 e. The van der Waals surface area contributed by atoms with Gasteiger partial charge in [-0.15, -0.1) is 5.10 Å². The van der Waals surface area contributed by atoms with Gasteiger partial charge in [0.1, 0.15) is 5.82 Å². The van der Waals surface area contributed by atoms with Crippen LogP contribution in [0.15, 0.2) is 29.3 Å². The van der Waals surface area contributed by atoms with Crippen molar-refractivity contribution in [3.8, 4) is 0 Å². The molecule has 2 aromatic rings. The molecule has 1 N–H and O–H groups in total. The van der Waals surface area contributed by atoms with E-state index < -0.39 is 15.8 Å². The lowest BCUT2D eigenvalue weighted by Gasteiger charge is -2.34. The molecule has 0 radical (unpaired) electrons. The first-order valence-electron chi connectivity index (χ1n) is 9.86. The van der Waals surface area contributed by atoms with Crippen LogP contribution in [0.25, 0.3) is 0 Å². The molecule has 164 valence electrons. The summed E-state index contributed by atoms with van der Waals surface area (Å²) in [4.78, 5) is 12.0. The molecule has 2 heterocycles. The largest absolute Gasteiger partial charge is 0.348 e. The molecule has 0 bridgehead atoms. The molecule has 1 unspecified atom stereocenters. The first-order valence-corrected chi connectivity index (χ1v) is 11.7. The van der Waals surface area contributed by atoms with Crippen molar-refractivity contribution in [2.45, 2.75) is 63.1 Å². The smallest absolute Gasteiger partial charge is 0.273 e. The maximum Gasteiger partial charge on any atom is 0.273 e. The molecule has 8 nitrogen and oxygen atoms in total. The van der Waals surface area contributed by atoms with E-state index in [2.05, 4.69) is 15.6 Å². The summed E-state index contributed by atoms with van der Waals surface area (Å²) in [7, 11) is -3.80. The molecule has 1 aromatic carbocycles. The van der Waals surface area contributed by atoms with Gasteiger partial charge in [0.25, 0.3) is 5.91 Å². The molecule has 0 aliphatic carbocycles. The average Bonchev–Trinajstić information content (AvgIpc) is 3.17. The van der Waals surface area contributed by atoms with Crippen molar-refractivity contribution in [1.82, 2.24) is 24.6 Å². The highest BCUT2D eigenvalue weighted by molar-refractivity contribution is 7.89. The maximum atomic E-state index is 13.5. The standard InChI is InChI=1S/C19H25ClFN5O3S/c1-13(2)22-19(27)18-12-25(24-23-18)10-8-14-5-3-4-9-26(14)30(28,29)15-6-7-17(21)16(20)11-15/h6-7,11-14H,3-5,8-10H2,1-2H3,(H,22,27). The Morgan fingerprint density at radius 2 is 2.13 bits per heavy atom. The van der Waals surface area contributed by atoms with Crippen LogP contribution >= 0.6 is 11.6 Å². The monoisotopic (exact) mass is 457 g/mol. The predicted octanol–water partition coefficient (Wildman–Crippen LogP) is 2.84. The Labute approximate surface area is 180 Å². The van der Waals surface area contributed by atoms with Crippen LogP contribution in [-0.2, 0) is 16.6 Å². The van der Waals surface area contributed by atoms with E-state index >= 15 is 0 Å². The second kappa shape index (κ2) is 9.40. The molecule has 1 aliphatic rings. The van der Waals surface area contributed by atoms with Crippen molar-refractivity contribution in [2.75, 3.05) is 6.54 Å². The van der Waals surface area contributed by atoms with E-state index in [1.807, 2.05) is 13.8 Å². The topological polar surface area (TPSA) is 97.2 Å². The fourth-order valence-corrected chi connectivity index (χ4v) is 5.48. The molecule has 30 heavy (non-hydrogen) atoms. The van der Waals surface area contributed by atoms with Crippen molar-refractivity contribution in [3.05, 3.63) is 40.9 Å². The normalized spacial score (nSPS) is 18.0. The SMILES string of the molecule is CC(C)NC(=O)c1cn(CCC2CCCCN2S(=O)(=O)c2ccc(F)c(Cl)c2)nn1. The first kappa shape index (κ1) is 22.6. The van der Waals surface area contributed by atoms with Gasteiger partial charge in [-0.2, -0.15) is 4.31 Å². The molecular weight excluding hydrogens is 433 g/mol. The molecule has 1 aromatic heterocycles. The Morgan fingerprint density at radius 3 is 2.83 bits per heavy atom. The highest BCUT2D eigenvalue weighted by Gasteiger charge is 2.33. The van der Waals surface area contributed by atoms with E-state index in [0.717, 1.165) is 25.0 Å². The van der Waals surface area contributed by atoms with Gasteiger partial charge in [0, 0.05) is 25.2 Å². The number of hydrogen-bond acceptors (Lipinski definition) is 5. The number of nitrogens with zero attached hydrogens (tertiary/aromatic N) is 4. The van der Waals surface area contributed by atoms with Gasteiger partial charge >= 0.3 is 0 Å². The number of carbonyl (C=O) groups excluding carboxylic acids is 1. The van der Waals surface area contributed by atoms with Crippen LogP contribution in [0.1, 0.15) is 50.0 Å². The lowest BCUT2D eigenvalue weighted by Crippen LogP contribution is -2.44. The Kier molecular flexibility index (Phi) is 7.10. The molecule has 1 aliphatic heterocycles. The maximum absolute atomic E-state index is 13.5. The number of halogens is 2. The van der Waals surface area contributed by atoms with Crippen LogP contribution in [0.3, 0.4) is 0 Å². The van der Waals surface area contributed by atoms with Crippen LogP contribution in [0.5, 0.6) is 0 Å². The van der Waals surface area contributed by atoms with Crippen LogP contribution in [0.4, 0.5) is 4.39 Å². The van der Waals surface area contributed by atoms with Gasteiger partial charge in [0.15, 0.2) is 5.69 Å². The number of carbonyl (C=O) groups is 1. The zero-order valence-corrected chi connectivity index (χ0v) is 18.5. The minimum absolute atomic E-state index is 0.0105. The van der Waals surface area contributed by atoms with Crippen LogP contribution < -0.4 is 5.32 Å². The van der Waals surface area contributed by atoms with Gasteiger partial charge in [0.05, 0.1) is 16.1 Å². The van der Waals surface area contributed by atoms with Crippen molar-refractivity contribution in [3.63, 3.8) is 0 Å². The Balaban J connectivity index is 1.71. The fourth-order valence-electron chi connectivity index (χ4n) is 3.48. The molecule has 0 spiro atoms. The van der Waals surface area contributed by atoms with Crippen molar-refractivity contribution >= 4 is 27.5 Å². The van der Waals surface area contributed by atoms with Crippen LogP contribution in [0, 0.1) is 5.82 Å². The van der Waals surface area contributed by atoms with Gasteiger partial charge in [-0.05, 0) is 51.3 Å². The average molecular weight is 458 g/mol. The van der Waals surface area contributed by atoms with E-state index in [-0.39, 0.29) is 33.6 Å². The number of rotatable bonds is 7. The third kappa shape index (κ3) is 5.16. The zero-order valence-electron chi connectivity index (χ0n) is 16.9. The highest BCUT2D eigenvalue weighted by Crippen LogP contribution is 2.29. The number of amides is 1. The van der Waals surface area contributed by atoms with Gasteiger partial charge in [-0.1, -0.05) is 23.2 Å². The summed E-state index contributed by atoms with van der Waals surface area (Å²) in [6.45, 7) is 4.52. The van der Waals surface area contributed by atoms with Crippen molar-refractivity contribution in [1.29, 1.82) is 0 Å². The van der Waals surface area contributed by atoms with Gasteiger partial charge in [-0.25, -0.2) is 12.8 Å². The lowest BCUT2D eigenvalue weighted by atomic mass is 10.0. The summed E-state index contributed by atoms with van der Waals surface area (Å²) in [6, 6.07) is 3.20. The number of sulfonamides is 1. The molecule has 1 fully saturated rings. The summed E-state index contributed by atoms with van der Waals surface area (Å²) in [5, 5.41) is 10.4. The number of nitrogens with one attached hydrogen (secondary N) is 1. The van der Waals surface area contributed by atoms with Gasteiger partial charge in [0.2, 0.25) is 10.0 Å². The number of aromatic nitrogens is 3. The third-order valence-electron chi connectivity index (χ3n) is 4.95. The minimum atomic E-state index is -3.80. The molecule has 1 atom stereocenters. The molecule has 3 rings (SSSR count). The summed E-state index contributed by atoms with van der Waals surface area (Å²) in [6.07, 6.45) is 4.46. The van der Waals surface area contributed by atoms with Gasteiger partial charge < -0.3 is 5.32 Å². The second-order valence-electron chi connectivity index (χ2n) is 7.62. The molecule has 0 saturated carbocycles. The molecule has 1 saturated heterocycles. The van der Waals surface area contributed by atoms with E-state index in [4.69, 9.17) is 11.6 Å². The quantitative estimate of drug-likeness (QED) is 0.689. The molecule has 11 heteroatoms. The third-order valence-corrected chi connectivity index (χ3v) is 7.19. The Morgan fingerprint density at radius 1 is 1.37 bits per heavy atom. The highest BCUT2D eigenvalue weighted by atomic mass is 35.5. The molecular formula is C19H25ClFN5O3S. The summed E-state index contributed by atoms with van der Waals surface area (Å²) in [5.74, 6) is -0.958. The Bertz CT molecular complexity index is 1010. The predicted molar refractivity (Wildman–Crippen MR) is 110 cm³/mol. The van der Waals surface area contributed by atoms with Crippen LogP contribution in [-0.4, -0.2) is 52.3 Å². The zero-order chi connectivity index (χ0) is 21.9. The number of hydrogen-bond donors (Lipinski definition) is 1. The van der Waals surface area contributed by atoms with E-state index in [1.54, 1.807) is 10.9 Å². The fraction of sp³-hybridized carbons (Fsp3) is 0.526. The van der Waals surface area contributed by atoms with Crippen LogP contribution in [0.2, 0.25) is 5.02 Å². The Hall–Kier alpha value is -2.04. The lowest BCUT2D eigenvalue weighted by molar-refractivity contribution is 0.0938. The summed E-state index contributed by atoms with van der Waals surface area (Å²) in [5.41, 5.74) is 0.220. The van der Waals surface area contributed by atoms with E-state index in [0.29, 0.717) is 25.9 Å². The van der Waals surface area contributed by atoms with Gasteiger partial charge in [-0.3, -0.25) is 9.48 Å². The number of benzene rings is 1. The summed E-state index contributed by atoms with van der Waals surface area (Å²) < 4.78 is 42.7. The number of aryl methyl sites for hydroxylation is 1. The van der Waals surface area contributed by atoms with E-state index in [1.165, 1.54) is 10.4 Å². The van der Waals surface area contributed by atoms with E-state index in [9.17, 15) is 17.6 Å². The first-order chi connectivity index (χ1) is 14.2. The second-order valence-corrected chi connectivity index (χ2v) is 9.92. The number of piperidine rings is 1. The molecule has 1 amide bonds. The van der Waals surface area contributed by atoms with Crippen molar-refractivity contribution in [2.24, 2.45) is 0 Å². The van der Waals surface area contributed by atoms with Crippen molar-refractivity contribution < 1.29 is 17.6 Å². The summed E-state index contributed by atoms with van der Waals surface area (Å²) >= 11 is 5.79.